The van der Waals surface area contributed by atoms with Crippen LogP contribution in [0.3, 0.4) is 0 Å². The predicted octanol–water partition coefficient (Wildman–Crippen LogP) is 11.6. The summed E-state index contributed by atoms with van der Waals surface area (Å²) in [4.78, 5) is 0. The second-order valence-electron chi connectivity index (χ2n) is 12.9. The van der Waals surface area contributed by atoms with Crippen molar-refractivity contribution in [3.05, 3.63) is 131 Å². The summed E-state index contributed by atoms with van der Waals surface area (Å²) < 4.78 is 21.6. The van der Waals surface area contributed by atoms with Gasteiger partial charge in [-0.15, -0.1) is 0 Å². The maximum atomic E-state index is 6.21. The van der Waals surface area contributed by atoms with Crippen LogP contribution in [0.1, 0.15) is 87.5 Å². The normalized spacial score (nSPS) is 13.0. The fourth-order valence-corrected chi connectivity index (χ4v) is 7.86. The van der Waals surface area contributed by atoms with Crippen LogP contribution in [0.15, 0.2) is 109 Å². The number of nitrogens with zero attached hydrogens (tertiary/aromatic N) is 2. The van der Waals surface area contributed by atoms with E-state index in [-0.39, 0.29) is 0 Å². The molecule has 0 bridgehead atoms. The van der Waals surface area contributed by atoms with Gasteiger partial charge in [-0.25, -0.2) is 0 Å². The van der Waals surface area contributed by atoms with E-state index in [0.717, 1.165) is 59.7 Å². The lowest BCUT2D eigenvalue weighted by Crippen LogP contribution is -2.28. The SMILES string of the molecule is CCCCCCOc1ccc(C2(c3ccc(OCCCCCC)cc3)c3ccccc3-c3ccc(-c4cccc5nsnc45)cc32)cc1. The summed E-state index contributed by atoms with van der Waals surface area (Å²) in [5.41, 5.74) is 11.1. The first-order valence-electron chi connectivity index (χ1n) is 17.7. The van der Waals surface area contributed by atoms with Crippen molar-refractivity contribution in [2.24, 2.45) is 0 Å². The standard InChI is InChI=1S/C43H44N2O2S/c1-3-5-7-11-28-46-34-23-19-32(20-24-34)43(33-21-25-35(26-22-33)47-29-12-8-6-4-2)39-16-10-9-14-37(39)38-27-18-31(30-40(38)43)36-15-13-17-41-42(36)45-48-44-41/h9-10,13-27,30H,3-8,11-12,28-29H2,1-2H3. The van der Waals surface area contributed by atoms with E-state index in [4.69, 9.17) is 9.47 Å². The van der Waals surface area contributed by atoms with Crippen molar-refractivity contribution in [1.82, 2.24) is 8.75 Å². The first-order chi connectivity index (χ1) is 23.7. The van der Waals surface area contributed by atoms with Crippen LogP contribution < -0.4 is 9.47 Å². The molecule has 6 aromatic rings. The Hall–Kier alpha value is -4.48. The van der Waals surface area contributed by atoms with Gasteiger partial charge in [-0.05, 0) is 88.2 Å². The van der Waals surface area contributed by atoms with Gasteiger partial charge in [0.1, 0.15) is 22.5 Å². The summed E-state index contributed by atoms with van der Waals surface area (Å²) >= 11 is 1.27. The smallest absolute Gasteiger partial charge is 0.119 e. The number of hydrogen-bond acceptors (Lipinski definition) is 5. The molecule has 0 spiro atoms. The number of hydrogen-bond donors (Lipinski definition) is 0. The fraction of sp³-hybridized carbons (Fsp3) is 0.302. The lowest BCUT2D eigenvalue weighted by atomic mass is 9.67. The molecule has 1 aliphatic carbocycles. The van der Waals surface area contributed by atoms with Gasteiger partial charge in [-0.1, -0.05) is 125 Å². The second kappa shape index (κ2) is 14.7. The minimum atomic E-state index is -0.532. The maximum Gasteiger partial charge on any atom is 0.119 e. The zero-order valence-corrected chi connectivity index (χ0v) is 28.9. The van der Waals surface area contributed by atoms with Crippen molar-refractivity contribution >= 4 is 22.8 Å². The molecule has 0 fully saturated rings. The summed E-state index contributed by atoms with van der Waals surface area (Å²) in [6.45, 7) is 5.97. The van der Waals surface area contributed by atoms with Crippen molar-refractivity contribution in [2.45, 2.75) is 70.6 Å². The Morgan fingerprint density at radius 2 is 1.15 bits per heavy atom. The molecule has 7 rings (SSSR count). The quantitative estimate of drug-likeness (QED) is 0.103. The van der Waals surface area contributed by atoms with Crippen LogP contribution in [-0.2, 0) is 5.41 Å². The number of aromatic nitrogens is 2. The first-order valence-corrected chi connectivity index (χ1v) is 18.4. The highest BCUT2D eigenvalue weighted by Crippen LogP contribution is 2.57. The average molecular weight is 653 g/mol. The van der Waals surface area contributed by atoms with Crippen LogP contribution in [-0.4, -0.2) is 22.0 Å². The minimum Gasteiger partial charge on any atom is -0.494 e. The molecule has 5 aromatic carbocycles. The Kier molecular flexibility index (Phi) is 9.85. The van der Waals surface area contributed by atoms with E-state index in [1.165, 1.54) is 83.6 Å². The highest BCUT2D eigenvalue weighted by Gasteiger charge is 2.46. The molecule has 4 nitrogen and oxygen atoms in total. The molecule has 1 heterocycles. The number of fused-ring (bicyclic) bond motifs is 4. The van der Waals surface area contributed by atoms with Gasteiger partial charge < -0.3 is 9.47 Å². The highest BCUT2D eigenvalue weighted by molar-refractivity contribution is 7.00. The Morgan fingerprint density at radius 1 is 0.542 bits per heavy atom. The minimum absolute atomic E-state index is 0.532. The van der Waals surface area contributed by atoms with Gasteiger partial charge in [0, 0.05) is 5.56 Å². The molecular weight excluding hydrogens is 609 g/mol. The number of ether oxygens (including phenoxy) is 2. The van der Waals surface area contributed by atoms with Crippen molar-refractivity contribution in [1.29, 1.82) is 0 Å². The molecule has 0 radical (unpaired) electrons. The Balaban J connectivity index is 1.34. The van der Waals surface area contributed by atoms with Gasteiger partial charge in [-0.2, -0.15) is 8.75 Å². The lowest BCUT2D eigenvalue weighted by Gasteiger charge is -2.34. The van der Waals surface area contributed by atoms with Gasteiger partial charge >= 0.3 is 0 Å². The molecule has 5 heteroatoms. The Labute approximate surface area is 289 Å². The van der Waals surface area contributed by atoms with E-state index < -0.39 is 5.41 Å². The van der Waals surface area contributed by atoms with Crippen LogP contribution in [0.5, 0.6) is 11.5 Å². The van der Waals surface area contributed by atoms with Gasteiger partial charge in [0.15, 0.2) is 0 Å². The van der Waals surface area contributed by atoms with Crippen molar-refractivity contribution in [3.8, 4) is 33.8 Å². The molecule has 0 saturated carbocycles. The molecular formula is C43H44N2O2S. The third kappa shape index (κ3) is 6.12. The van der Waals surface area contributed by atoms with E-state index in [9.17, 15) is 0 Å². The van der Waals surface area contributed by atoms with Gasteiger partial charge in [0.05, 0.1) is 30.4 Å². The summed E-state index contributed by atoms with van der Waals surface area (Å²) in [5.74, 6) is 1.83. The molecule has 0 unspecified atom stereocenters. The second-order valence-corrected chi connectivity index (χ2v) is 13.4. The molecule has 0 amide bonds. The van der Waals surface area contributed by atoms with Gasteiger partial charge in [-0.3, -0.25) is 0 Å². The molecule has 0 aliphatic heterocycles. The predicted molar refractivity (Wildman–Crippen MR) is 199 cm³/mol. The summed E-state index contributed by atoms with van der Waals surface area (Å²) in [6, 6.07) is 39.8. The molecule has 0 N–H and O–H groups in total. The van der Waals surface area contributed by atoms with E-state index in [1.807, 2.05) is 6.07 Å². The van der Waals surface area contributed by atoms with Crippen LogP contribution >= 0.6 is 11.7 Å². The molecule has 1 aromatic heterocycles. The largest absolute Gasteiger partial charge is 0.494 e. The Bertz CT molecular complexity index is 1900. The monoisotopic (exact) mass is 652 g/mol. The first kappa shape index (κ1) is 32.1. The fourth-order valence-electron chi connectivity index (χ4n) is 7.31. The van der Waals surface area contributed by atoms with Crippen LogP contribution in [0.2, 0.25) is 0 Å². The van der Waals surface area contributed by atoms with Gasteiger partial charge in [0.2, 0.25) is 0 Å². The zero-order chi connectivity index (χ0) is 32.8. The van der Waals surface area contributed by atoms with Crippen molar-refractivity contribution in [2.75, 3.05) is 13.2 Å². The maximum absolute atomic E-state index is 6.21. The highest BCUT2D eigenvalue weighted by atomic mass is 32.1. The summed E-state index contributed by atoms with van der Waals surface area (Å²) in [5, 5.41) is 0. The topological polar surface area (TPSA) is 44.2 Å². The zero-order valence-electron chi connectivity index (χ0n) is 28.1. The van der Waals surface area contributed by atoms with E-state index in [0.29, 0.717) is 0 Å². The Morgan fingerprint density at radius 3 is 1.79 bits per heavy atom. The van der Waals surface area contributed by atoms with E-state index in [1.54, 1.807) is 0 Å². The average Bonchev–Trinajstić information content (AvgIpc) is 3.73. The molecule has 1 aliphatic rings. The van der Waals surface area contributed by atoms with E-state index in [2.05, 4.69) is 126 Å². The van der Waals surface area contributed by atoms with Crippen LogP contribution in [0.4, 0.5) is 0 Å². The molecule has 0 atom stereocenters. The van der Waals surface area contributed by atoms with Crippen LogP contribution in [0, 0.1) is 0 Å². The van der Waals surface area contributed by atoms with Gasteiger partial charge in [0.25, 0.3) is 0 Å². The van der Waals surface area contributed by atoms with Crippen molar-refractivity contribution < 1.29 is 9.47 Å². The van der Waals surface area contributed by atoms with Crippen molar-refractivity contribution in [3.63, 3.8) is 0 Å². The van der Waals surface area contributed by atoms with Crippen LogP contribution in [0.25, 0.3) is 33.3 Å². The lowest BCUT2D eigenvalue weighted by molar-refractivity contribution is 0.305. The summed E-state index contributed by atoms with van der Waals surface area (Å²) in [6.07, 6.45) is 9.53. The third-order valence-corrected chi connectivity index (χ3v) is 10.3. The molecule has 48 heavy (non-hydrogen) atoms. The summed E-state index contributed by atoms with van der Waals surface area (Å²) in [7, 11) is 0. The van der Waals surface area contributed by atoms with E-state index >= 15 is 0 Å². The number of unbranched alkanes of at least 4 members (excludes halogenated alkanes) is 6. The number of benzene rings is 5. The number of rotatable bonds is 15. The molecule has 244 valence electrons. The molecule has 0 saturated heterocycles. The third-order valence-electron chi connectivity index (χ3n) is 9.75.